The lowest BCUT2D eigenvalue weighted by atomic mass is 10.1. The van der Waals surface area contributed by atoms with E-state index in [9.17, 15) is 0 Å². The predicted molar refractivity (Wildman–Crippen MR) is 79.7 cm³/mol. The molecule has 0 spiro atoms. The van der Waals surface area contributed by atoms with Crippen LogP contribution >= 0.6 is 24.0 Å². The summed E-state index contributed by atoms with van der Waals surface area (Å²) in [6, 6.07) is 10.5. The average Bonchev–Trinajstić information content (AvgIpc) is 2.78. The molecule has 0 saturated carbocycles. The zero-order valence-corrected chi connectivity index (χ0v) is 12.1. The molecule has 1 aliphatic heterocycles. The quantitative estimate of drug-likeness (QED) is 0.722. The van der Waals surface area contributed by atoms with Gasteiger partial charge in [-0.2, -0.15) is 0 Å². The Hall–Kier alpha value is -0.820. The van der Waals surface area contributed by atoms with Crippen LogP contribution in [0.4, 0.5) is 0 Å². The van der Waals surface area contributed by atoms with Crippen molar-refractivity contribution < 1.29 is 5.11 Å². The van der Waals surface area contributed by atoms with Crippen molar-refractivity contribution in [1.29, 1.82) is 0 Å². The summed E-state index contributed by atoms with van der Waals surface area (Å²) in [5.41, 5.74) is 1.24. The van der Waals surface area contributed by atoms with Crippen LogP contribution in [-0.2, 0) is 0 Å². The van der Waals surface area contributed by atoms with Gasteiger partial charge in [0.1, 0.15) is 0 Å². The Morgan fingerprint density at radius 3 is 2.82 bits per heavy atom. The van der Waals surface area contributed by atoms with E-state index in [-0.39, 0.29) is 42.7 Å². The van der Waals surface area contributed by atoms with Gasteiger partial charge in [-0.3, -0.25) is 4.99 Å². The highest BCUT2D eigenvalue weighted by Gasteiger charge is 2.19. The van der Waals surface area contributed by atoms with Crippen LogP contribution in [0.2, 0.25) is 0 Å². The van der Waals surface area contributed by atoms with E-state index >= 15 is 0 Å². The fourth-order valence-electron chi connectivity index (χ4n) is 1.68. The van der Waals surface area contributed by atoms with E-state index in [1.807, 2.05) is 25.1 Å². The fraction of sp³-hybridized carbons (Fsp3) is 0.417. The highest BCUT2D eigenvalue weighted by Crippen LogP contribution is 2.15. The molecule has 0 radical (unpaired) electrons. The first-order chi connectivity index (χ1) is 7.79. The smallest absolute Gasteiger partial charge is 0.192 e. The molecule has 94 valence electrons. The third-order valence-electron chi connectivity index (χ3n) is 2.60. The second kappa shape index (κ2) is 6.80. The molecule has 0 aliphatic carbocycles. The van der Waals surface area contributed by atoms with Gasteiger partial charge < -0.3 is 15.7 Å². The van der Waals surface area contributed by atoms with Crippen LogP contribution in [0.1, 0.15) is 18.5 Å². The normalized spacial score (nSPS) is 19.9. The van der Waals surface area contributed by atoms with E-state index in [2.05, 4.69) is 27.8 Å². The van der Waals surface area contributed by atoms with Crippen LogP contribution in [0.25, 0.3) is 0 Å². The lowest BCUT2D eigenvalue weighted by molar-refractivity contribution is 0.263. The summed E-state index contributed by atoms with van der Waals surface area (Å²) in [5.74, 6) is 0.774. The SMILES string of the molecule is C[C@@H](CO)NC1=NCC(c2ccccc2)N1.I. The van der Waals surface area contributed by atoms with Gasteiger partial charge in [0, 0.05) is 6.04 Å². The summed E-state index contributed by atoms with van der Waals surface area (Å²) >= 11 is 0. The van der Waals surface area contributed by atoms with Gasteiger partial charge in [0.25, 0.3) is 0 Å². The minimum atomic E-state index is 0. The lowest BCUT2D eigenvalue weighted by Gasteiger charge is -2.15. The number of guanidine groups is 1. The lowest BCUT2D eigenvalue weighted by Crippen LogP contribution is -2.42. The summed E-state index contributed by atoms with van der Waals surface area (Å²) in [7, 11) is 0. The zero-order valence-electron chi connectivity index (χ0n) is 9.76. The second-order valence-corrected chi connectivity index (χ2v) is 4.02. The minimum Gasteiger partial charge on any atom is -0.394 e. The molecule has 1 heterocycles. The zero-order chi connectivity index (χ0) is 11.4. The number of aliphatic hydroxyl groups is 1. The predicted octanol–water partition coefficient (Wildman–Crippen LogP) is 1.28. The van der Waals surface area contributed by atoms with Crippen molar-refractivity contribution in [3.05, 3.63) is 35.9 Å². The van der Waals surface area contributed by atoms with Gasteiger partial charge in [0.05, 0.1) is 19.2 Å². The largest absolute Gasteiger partial charge is 0.394 e. The molecular formula is C12H18IN3O. The Bertz CT molecular complexity index is 369. The first-order valence-electron chi connectivity index (χ1n) is 5.53. The molecule has 0 amide bonds. The number of benzene rings is 1. The first-order valence-corrected chi connectivity index (χ1v) is 5.53. The van der Waals surface area contributed by atoms with Crippen LogP contribution < -0.4 is 10.6 Å². The molecule has 0 fully saturated rings. The maximum Gasteiger partial charge on any atom is 0.192 e. The van der Waals surface area contributed by atoms with Crippen molar-refractivity contribution >= 4 is 29.9 Å². The van der Waals surface area contributed by atoms with Gasteiger partial charge in [-0.05, 0) is 12.5 Å². The third-order valence-corrected chi connectivity index (χ3v) is 2.60. The minimum absolute atomic E-state index is 0. The number of hydrogen-bond acceptors (Lipinski definition) is 4. The average molecular weight is 347 g/mol. The Labute approximate surface area is 119 Å². The van der Waals surface area contributed by atoms with Gasteiger partial charge >= 0.3 is 0 Å². The number of aliphatic imine (C=N–C) groups is 1. The van der Waals surface area contributed by atoms with Crippen molar-refractivity contribution in [3.8, 4) is 0 Å². The van der Waals surface area contributed by atoms with Crippen LogP contribution in [-0.4, -0.2) is 30.3 Å². The third kappa shape index (κ3) is 3.85. The molecule has 5 heteroatoms. The summed E-state index contributed by atoms with van der Waals surface area (Å²) in [4.78, 5) is 4.36. The topological polar surface area (TPSA) is 56.6 Å². The van der Waals surface area contributed by atoms with Crippen LogP contribution in [0, 0.1) is 0 Å². The van der Waals surface area contributed by atoms with Gasteiger partial charge in [0.15, 0.2) is 5.96 Å². The van der Waals surface area contributed by atoms with Crippen molar-refractivity contribution in [2.45, 2.75) is 19.0 Å². The molecule has 17 heavy (non-hydrogen) atoms. The standard InChI is InChI=1S/C12H17N3O.HI/c1-9(8-16)14-12-13-7-11(15-12)10-5-3-2-4-6-10;/h2-6,9,11,16H,7-8H2,1H3,(H2,13,14,15);1H/t9-,11?;/m0./s1. The highest BCUT2D eigenvalue weighted by atomic mass is 127. The molecule has 2 rings (SSSR count). The Kier molecular flexibility index (Phi) is 5.70. The molecule has 4 nitrogen and oxygen atoms in total. The van der Waals surface area contributed by atoms with Crippen LogP contribution in [0.5, 0.6) is 0 Å². The molecule has 3 N–H and O–H groups in total. The molecule has 2 atom stereocenters. The van der Waals surface area contributed by atoms with E-state index in [0.29, 0.717) is 0 Å². The summed E-state index contributed by atoms with van der Waals surface area (Å²) in [6.45, 7) is 2.77. The summed E-state index contributed by atoms with van der Waals surface area (Å²) < 4.78 is 0. The fourth-order valence-corrected chi connectivity index (χ4v) is 1.68. The van der Waals surface area contributed by atoms with Crippen LogP contribution in [0.15, 0.2) is 35.3 Å². The molecule has 1 unspecified atom stereocenters. The molecule has 1 aliphatic rings. The maximum absolute atomic E-state index is 8.93. The van der Waals surface area contributed by atoms with Crippen molar-refractivity contribution in [3.63, 3.8) is 0 Å². The Balaban J connectivity index is 0.00000144. The van der Waals surface area contributed by atoms with Crippen molar-refractivity contribution in [2.75, 3.05) is 13.2 Å². The molecular weight excluding hydrogens is 329 g/mol. The number of hydrogen-bond donors (Lipinski definition) is 3. The molecule has 0 saturated heterocycles. The molecule has 0 bridgehead atoms. The number of rotatable bonds is 3. The van der Waals surface area contributed by atoms with Gasteiger partial charge in [-0.25, -0.2) is 0 Å². The van der Waals surface area contributed by atoms with Gasteiger partial charge in [-0.15, -0.1) is 24.0 Å². The molecule has 0 aromatic heterocycles. The Morgan fingerprint density at radius 1 is 1.47 bits per heavy atom. The Morgan fingerprint density at radius 2 is 2.18 bits per heavy atom. The number of halogens is 1. The monoisotopic (exact) mass is 347 g/mol. The van der Waals surface area contributed by atoms with Gasteiger partial charge in [0.2, 0.25) is 0 Å². The van der Waals surface area contributed by atoms with E-state index in [1.165, 1.54) is 5.56 Å². The first kappa shape index (κ1) is 14.2. The van der Waals surface area contributed by atoms with E-state index < -0.39 is 0 Å². The number of nitrogens with zero attached hydrogens (tertiary/aromatic N) is 1. The van der Waals surface area contributed by atoms with Crippen LogP contribution in [0.3, 0.4) is 0 Å². The van der Waals surface area contributed by atoms with E-state index in [4.69, 9.17) is 5.11 Å². The van der Waals surface area contributed by atoms with Crippen molar-refractivity contribution in [2.24, 2.45) is 4.99 Å². The van der Waals surface area contributed by atoms with Gasteiger partial charge in [-0.1, -0.05) is 30.3 Å². The molecule has 1 aromatic rings. The maximum atomic E-state index is 8.93. The summed E-state index contributed by atoms with van der Waals surface area (Å²) in [6.07, 6.45) is 0. The van der Waals surface area contributed by atoms with Crippen molar-refractivity contribution in [1.82, 2.24) is 10.6 Å². The highest BCUT2D eigenvalue weighted by molar-refractivity contribution is 14.0. The number of nitrogens with one attached hydrogen (secondary N) is 2. The second-order valence-electron chi connectivity index (χ2n) is 4.02. The van der Waals surface area contributed by atoms with E-state index in [0.717, 1.165) is 12.5 Å². The number of aliphatic hydroxyl groups excluding tert-OH is 1. The summed E-state index contributed by atoms with van der Waals surface area (Å²) in [5, 5.41) is 15.4. The van der Waals surface area contributed by atoms with E-state index in [1.54, 1.807) is 0 Å². The molecule has 1 aromatic carbocycles.